The van der Waals surface area contributed by atoms with Crippen LogP contribution in [0.5, 0.6) is 0 Å². The zero-order chi connectivity index (χ0) is 12.5. The van der Waals surface area contributed by atoms with Crippen molar-refractivity contribution in [1.82, 2.24) is 19.9 Å². The van der Waals surface area contributed by atoms with Gasteiger partial charge in [-0.1, -0.05) is 6.07 Å². The van der Waals surface area contributed by atoms with Crippen LogP contribution in [0.3, 0.4) is 0 Å². The van der Waals surface area contributed by atoms with Gasteiger partial charge in [-0.2, -0.15) is 4.39 Å². The molecule has 4 nitrogen and oxygen atoms in total. The summed E-state index contributed by atoms with van der Waals surface area (Å²) in [6.45, 7) is 2.02. The molecule has 0 bridgehead atoms. The number of nitrogens with one attached hydrogen (secondary N) is 1. The highest BCUT2D eigenvalue weighted by Crippen LogP contribution is 2.25. The number of aromatic amines is 1. The third-order valence-corrected chi connectivity index (χ3v) is 3.24. The van der Waals surface area contributed by atoms with Crippen molar-refractivity contribution in [3.05, 3.63) is 42.1 Å². The molecule has 1 aromatic carbocycles. The van der Waals surface area contributed by atoms with Gasteiger partial charge in [-0.25, -0.2) is 15.0 Å². The Morgan fingerprint density at radius 1 is 1.22 bits per heavy atom. The van der Waals surface area contributed by atoms with Gasteiger partial charge in [-0.3, -0.25) is 0 Å². The lowest BCUT2D eigenvalue weighted by molar-refractivity contribution is 0.572. The van der Waals surface area contributed by atoms with Crippen molar-refractivity contribution >= 4 is 22.8 Å². The molecule has 90 valence electrons. The first-order valence-corrected chi connectivity index (χ1v) is 6.14. The molecule has 1 N–H and O–H groups in total. The Morgan fingerprint density at radius 3 is 2.94 bits per heavy atom. The number of benzene rings is 1. The second-order valence-electron chi connectivity index (χ2n) is 3.84. The van der Waals surface area contributed by atoms with E-state index in [1.165, 1.54) is 24.2 Å². The van der Waals surface area contributed by atoms with Gasteiger partial charge in [0.05, 0.1) is 11.0 Å². The third kappa shape index (κ3) is 2.19. The van der Waals surface area contributed by atoms with Gasteiger partial charge in [0.25, 0.3) is 0 Å². The fourth-order valence-corrected chi connectivity index (χ4v) is 2.38. The van der Waals surface area contributed by atoms with E-state index in [2.05, 4.69) is 19.9 Å². The zero-order valence-corrected chi connectivity index (χ0v) is 10.3. The van der Waals surface area contributed by atoms with E-state index in [4.69, 9.17) is 0 Å². The molecule has 6 heteroatoms. The summed E-state index contributed by atoms with van der Waals surface area (Å²) in [5.74, 6) is -0.542. The highest BCUT2D eigenvalue weighted by Gasteiger charge is 2.06. The Labute approximate surface area is 107 Å². The van der Waals surface area contributed by atoms with Crippen molar-refractivity contribution in [3.63, 3.8) is 0 Å². The van der Waals surface area contributed by atoms with Gasteiger partial charge in [0, 0.05) is 6.07 Å². The molecule has 3 rings (SSSR count). The molecule has 0 amide bonds. The van der Waals surface area contributed by atoms with Gasteiger partial charge in [0.15, 0.2) is 5.16 Å². The summed E-state index contributed by atoms with van der Waals surface area (Å²) < 4.78 is 12.9. The Morgan fingerprint density at radius 2 is 2.11 bits per heavy atom. The van der Waals surface area contributed by atoms with Crippen LogP contribution in [0.15, 0.2) is 40.8 Å². The van der Waals surface area contributed by atoms with Crippen molar-refractivity contribution in [1.29, 1.82) is 0 Å². The SMILES string of the molecule is Cc1ccc2nc(Sc3cc(F)ncn3)[nH]c2c1. The van der Waals surface area contributed by atoms with Crippen LogP contribution in [0.25, 0.3) is 11.0 Å². The molecule has 2 heterocycles. The van der Waals surface area contributed by atoms with Gasteiger partial charge in [-0.05, 0) is 36.4 Å². The average Bonchev–Trinajstić information content (AvgIpc) is 2.70. The molecule has 0 saturated heterocycles. The lowest BCUT2D eigenvalue weighted by Crippen LogP contribution is -1.86. The lowest BCUT2D eigenvalue weighted by Gasteiger charge is -1.95. The number of aromatic nitrogens is 4. The number of nitrogens with zero attached hydrogens (tertiary/aromatic N) is 3. The lowest BCUT2D eigenvalue weighted by atomic mass is 10.2. The van der Waals surface area contributed by atoms with E-state index in [1.54, 1.807) is 0 Å². The van der Waals surface area contributed by atoms with Crippen LogP contribution in [0.4, 0.5) is 4.39 Å². The van der Waals surface area contributed by atoms with Crippen LogP contribution in [0.1, 0.15) is 5.56 Å². The van der Waals surface area contributed by atoms with Crippen molar-refractivity contribution < 1.29 is 4.39 Å². The van der Waals surface area contributed by atoms with Crippen LogP contribution >= 0.6 is 11.8 Å². The van der Waals surface area contributed by atoms with Gasteiger partial charge >= 0.3 is 0 Å². The van der Waals surface area contributed by atoms with Crippen LogP contribution < -0.4 is 0 Å². The summed E-state index contributed by atoms with van der Waals surface area (Å²) in [6.07, 6.45) is 1.20. The number of fused-ring (bicyclic) bond motifs is 1. The van der Waals surface area contributed by atoms with Crippen molar-refractivity contribution in [2.45, 2.75) is 17.1 Å². The van der Waals surface area contributed by atoms with Crippen LogP contribution in [0, 0.1) is 12.9 Å². The summed E-state index contributed by atoms with van der Waals surface area (Å²) in [7, 11) is 0. The van der Waals surface area contributed by atoms with Gasteiger partial charge in [0.1, 0.15) is 11.4 Å². The first-order valence-electron chi connectivity index (χ1n) is 5.32. The normalized spacial score (nSPS) is 11.0. The summed E-state index contributed by atoms with van der Waals surface area (Å²) in [4.78, 5) is 15.0. The Kier molecular flexibility index (Phi) is 2.71. The molecular formula is C12H9FN4S. The summed E-state index contributed by atoms with van der Waals surface area (Å²) in [5.41, 5.74) is 3.01. The molecule has 2 aromatic heterocycles. The highest BCUT2D eigenvalue weighted by molar-refractivity contribution is 7.99. The van der Waals surface area contributed by atoms with Crippen molar-refractivity contribution in [2.24, 2.45) is 0 Å². The van der Waals surface area contributed by atoms with E-state index in [-0.39, 0.29) is 0 Å². The molecular weight excluding hydrogens is 251 g/mol. The minimum atomic E-state index is -0.542. The van der Waals surface area contributed by atoms with E-state index in [0.29, 0.717) is 10.2 Å². The van der Waals surface area contributed by atoms with Crippen LogP contribution in [0.2, 0.25) is 0 Å². The van der Waals surface area contributed by atoms with E-state index in [1.807, 2.05) is 25.1 Å². The van der Waals surface area contributed by atoms with Crippen LogP contribution in [-0.2, 0) is 0 Å². The van der Waals surface area contributed by atoms with Crippen molar-refractivity contribution in [2.75, 3.05) is 0 Å². The van der Waals surface area contributed by atoms with Crippen LogP contribution in [-0.4, -0.2) is 19.9 Å². The molecule has 0 unspecified atom stereocenters. The summed E-state index contributed by atoms with van der Waals surface area (Å²) in [5, 5.41) is 1.21. The van der Waals surface area contributed by atoms with Gasteiger partial charge in [0.2, 0.25) is 5.95 Å². The van der Waals surface area contributed by atoms with E-state index >= 15 is 0 Å². The largest absolute Gasteiger partial charge is 0.333 e. The molecule has 18 heavy (non-hydrogen) atoms. The summed E-state index contributed by atoms with van der Waals surface area (Å²) >= 11 is 1.28. The molecule has 0 aliphatic rings. The second kappa shape index (κ2) is 4.38. The number of H-pyrrole nitrogens is 1. The minimum Gasteiger partial charge on any atom is -0.333 e. The predicted molar refractivity (Wildman–Crippen MR) is 66.9 cm³/mol. The van der Waals surface area contributed by atoms with E-state index in [0.717, 1.165) is 16.6 Å². The number of halogens is 1. The molecule has 0 spiro atoms. The minimum absolute atomic E-state index is 0.526. The maximum Gasteiger partial charge on any atom is 0.217 e. The van der Waals surface area contributed by atoms with E-state index < -0.39 is 5.95 Å². The Bertz CT molecular complexity index is 710. The monoisotopic (exact) mass is 260 g/mol. The molecule has 3 aromatic rings. The fraction of sp³-hybridized carbons (Fsp3) is 0.0833. The molecule has 0 atom stereocenters. The number of imidazole rings is 1. The van der Waals surface area contributed by atoms with Gasteiger partial charge in [-0.15, -0.1) is 0 Å². The summed E-state index contributed by atoms with van der Waals surface area (Å²) in [6, 6.07) is 7.25. The Balaban J connectivity index is 1.95. The number of rotatable bonds is 2. The smallest absolute Gasteiger partial charge is 0.217 e. The first kappa shape index (κ1) is 11.2. The molecule has 0 fully saturated rings. The quantitative estimate of drug-likeness (QED) is 0.720. The predicted octanol–water partition coefficient (Wildman–Crippen LogP) is 2.95. The fourth-order valence-electron chi connectivity index (χ4n) is 1.62. The molecule has 0 aliphatic heterocycles. The second-order valence-corrected chi connectivity index (χ2v) is 4.85. The number of aryl methyl sites for hydroxylation is 1. The number of hydrogen-bond acceptors (Lipinski definition) is 4. The van der Waals surface area contributed by atoms with Crippen molar-refractivity contribution in [3.8, 4) is 0 Å². The number of hydrogen-bond donors (Lipinski definition) is 1. The topological polar surface area (TPSA) is 54.5 Å². The molecule has 0 saturated carbocycles. The molecule has 0 aliphatic carbocycles. The maximum atomic E-state index is 12.9. The standard InChI is InChI=1S/C12H9FN4S/c1-7-2-3-8-9(4-7)17-12(16-8)18-11-5-10(13)14-6-15-11/h2-6H,1H3,(H,16,17). The highest BCUT2D eigenvalue weighted by atomic mass is 32.2. The van der Waals surface area contributed by atoms with E-state index in [9.17, 15) is 4.39 Å². The molecule has 0 radical (unpaired) electrons. The maximum absolute atomic E-state index is 12.9. The van der Waals surface area contributed by atoms with Gasteiger partial charge < -0.3 is 4.98 Å². The zero-order valence-electron chi connectivity index (χ0n) is 9.51. The average molecular weight is 260 g/mol. The third-order valence-electron chi connectivity index (χ3n) is 2.43. The first-order chi connectivity index (χ1) is 8.70. The Hall–Kier alpha value is -1.95.